The standard InChI is InChI=1S/C14H10O7S/c15-11(8-12(16)13(17)18)10-6-7-21-14(10)22(19,20)9-4-2-1-3-5-9/h1-8,16H,(H,17,18)/b12-8-. The highest BCUT2D eigenvalue weighted by Crippen LogP contribution is 2.25. The number of aliphatic carboxylic acids is 1. The molecule has 0 saturated heterocycles. The number of aliphatic hydroxyl groups excluding tert-OH is 1. The Morgan fingerprint density at radius 1 is 1.05 bits per heavy atom. The van der Waals surface area contributed by atoms with Gasteiger partial charge in [0.25, 0.3) is 0 Å². The van der Waals surface area contributed by atoms with Crippen molar-refractivity contribution in [3.63, 3.8) is 0 Å². The van der Waals surface area contributed by atoms with E-state index in [-0.39, 0.29) is 10.5 Å². The molecule has 0 bridgehead atoms. The van der Waals surface area contributed by atoms with Crippen molar-refractivity contribution in [2.75, 3.05) is 0 Å². The molecule has 0 aliphatic heterocycles. The second kappa shape index (κ2) is 5.86. The zero-order valence-corrected chi connectivity index (χ0v) is 11.8. The van der Waals surface area contributed by atoms with E-state index >= 15 is 0 Å². The van der Waals surface area contributed by atoms with E-state index in [0.29, 0.717) is 6.08 Å². The summed E-state index contributed by atoms with van der Waals surface area (Å²) in [6.07, 6.45) is 1.41. The normalized spacial score (nSPS) is 12.1. The van der Waals surface area contributed by atoms with Crippen molar-refractivity contribution in [1.82, 2.24) is 0 Å². The first-order valence-corrected chi connectivity index (χ1v) is 7.38. The van der Waals surface area contributed by atoms with Gasteiger partial charge >= 0.3 is 5.97 Å². The van der Waals surface area contributed by atoms with Crippen LogP contribution < -0.4 is 0 Å². The molecule has 8 heteroatoms. The smallest absolute Gasteiger partial charge is 0.371 e. The van der Waals surface area contributed by atoms with Gasteiger partial charge in [-0.3, -0.25) is 4.79 Å². The summed E-state index contributed by atoms with van der Waals surface area (Å²) in [7, 11) is -4.07. The van der Waals surface area contributed by atoms with Crippen molar-refractivity contribution < 1.29 is 32.6 Å². The minimum Gasteiger partial charge on any atom is -0.502 e. The van der Waals surface area contributed by atoms with E-state index in [1.807, 2.05) is 0 Å². The summed E-state index contributed by atoms with van der Waals surface area (Å²) >= 11 is 0. The number of aliphatic hydroxyl groups is 1. The van der Waals surface area contributed by atoms with E-state index in [1.54, 1.807) is 6.07 Å². The summed E-state index contributed by atoms with van der Waals surface area (Å²) in [5, 5.41) is 17.0. The van der Waals surface area contributed by atoms with Gasteiger partial charge in [-0.25, -0.2) is 13.2 Å². The van der Waals surface area contributed by atoms with Crippen LogP contribution in [0.5, 0.6) is 0 Å². The minimum atomic E-state index is -4.07. The lowest BCUT2D eigenvalue weighted by Crippen LogP contribution is -2.08. The van der Waals surface area contributed by atoms with Crippen molar-refractivity contribution >= 4 is 21.6 Å². The Hall–Kier alpha value is -2.87. The average Bonchev–Trinajstić information content (AvgIpc) is 2.98. The molecule has 1 aromatic carbocycles. The summed E-state index contributed by atoms with van der Waals surface area (Å²) < 4.78 is 29.7. The fourth-order valence-electron chi connectivity index (χ4n) is 1.66. The molecule has 1 aromatic heterocycles. The van der Waals surface area contributed by atoms with Gasteiger partial charge in [-0.05, 0) is 18.2 Å². The van der Waals surface area contributed by atoms with E-state index in [2.05, 4.69) is 0 Å². The Morgan fingerprint density at radius 2 is 1.68 bits per heavy atom. The number of allylic oxidation sites excluding steroid dienone is 1. The van der Waals surface area contributed by atoms with Crippen molar-refractivity contribution in [2.45, 2.75) is 9.99 Å². The van der Waals surface area contributed by atoms with Gasteiger partial charge in [0.15, 0.2) is 5.78 Å². The Kier molecular flexibility index (Phi) is 4.13. The van der Waals surface area contributed by atoms with Crippen molar-refractivity contribution in [3.8, 4) is 0 Å². The van der Waals surface area contributed by atoms with Crippen LogP contribution in [-0.2, 0) is 14.6 Å². The summed E-state index contributed by atoms with van der Waals surface area (Å²) in [6, 6.07) is 8.39. The third kappa shape index (κ3) is 2.91. The first-order chi connectivity index (χ1) is 10.3. The van der Waals surface area contributed by atoms with Crippen molar-refractivity contribution in [3.05, 3.63) is 60.1 Å². The lowest BCUT2D eigenvalue weighted by Gasteiger charge is -2.03. The van der Waals surface area contributed by atoms with Crippen LogP contribution in [0.2, 0.25) is 0 Å². The molecule has 0 spiro atoms. The van der Waals surface area contributed by atoms with Gasteiger partial charge in [0.05, 0.1) is 16.7 Å². The predicted octanol–water partition coefficient (Wildman–Crippen LogP) is 1.82. The highest BCUT2D eigenvalue weighted by molar-refractivity contribution is 7.91. The second-order valence-electron chi connectivity index (χ2n) is 4.14. The highest BCUT2D eigenvalue weighted by Gasteiger charge is 2.27. The van der Waals surface area contributed by atoms with E-state index in [9.17, 15) is 18.0 Å². The molecule has 7 nitrogen and oxygen atoms in total. The van der Waals surface area contributed by atoms with Crippen LogP contribution in [0.15, 0.2) is 68.9 Å². The second-order valence-corrected chi connectivity index (χ2v) is 5.99. The molecule has 2 aromatic rings. The summed E-state index contributed by atoms with van der Waals surface area (Å²) in [5.74, 6) is -3.90. The summed E-state index contributed by atoms with van der Waals surface area (Å²) in [4.78, 5) is 22.3. The largest absolute Gasteiger partial charge is 0.502 e. The zero-order chi connectivity index (χ0) is 16.3. The number of hydrogen-bond donors (Lipinski definition) is 2. The summed E-state index contributed by atoms with van der Waals surface area (Å²) in [5.41, 5.74) is -0.364. The number of furan rings is 1. The highest BCUT2D eigenvalue weighted by atomic mass is 32.2. The van der Waals surface area contributed by atoms with Gasteiger partial charge in [-0.15, -0.1) is 0 Å². The number of benzene rings is 1. The molecule has 1 heterocycles. The minimum absolute atomic E-state index is 0.0783. The average molecular weight is 322 g/mol. The van der Waals surface area contributed by atoms with Crippen molar-refractivity contribution in [2.24, 2.45) is 0 Å². The molecule has 0 unspecified atom stereocenters. The topological polar surface area (TPSA) is 122 Å². The van der Waals surface area contributed by atoms with Crippen LogP contribution in [0.4, 0.5) is 0 Å². The zero-order valence-electron chi connectivity index (χ0n) is 11.0. The maximum absolute atomic E-state index is 12.4. The molecule has 22 heavy (non-hydrogen) atoms. The maximum atomic E-state index is 12.4. The molecule has 0 radical (unpaired) electrons. The first kappa shape index (κ1) is 15.5. The van der Waals surface area contributed by atoms with E-state index < -0.39 is 32.4 Å². The Labute approximate surface area is 125 Å². The number of rotatable bonds is 5. The molecule has 2 N–H and O–H groups in total. The molecule has 0 fully saturated rings. The molecule has 0 atom stereocenters. The van der Waals surface area contributed by atoms with Crippen LogP contribution in [-0.4, -0.2) is 30.4 Å². The van der Waals surface area contributed by atoms with Gasteiger partial charge in [0.1, 0.15) is 0 Å². The van der Waals surface area contributed by atoms with Gasteiger partial charge in [0.2, 0.25) is 20.7 Å². The van der Waals surface area contributed by atoms with Gasteiger partial charge < -0.3 is 14.6 Å². The van der Waals surface area contributed by atoms with Gasteiger partial charge in [0, 0.05) is 6.08 Å². The Balaban J connectivity index is 2.49. The van der Waals surface area contributed by atoms with Crippen LogP contribution in [0.25, 0.3) is 0 Å². The number of carbonyl (C=O) groups is 2. The molecular weight excluding hydrogens is 312 g/mol. The molecule has 2 rings (SSSR count). The van der Waals surface area contributed by atoms with Crippen LogP contribution in [0.1, 0.15) is 10.4 Å². The summed E-state index contributed by atoms with van der Waals surface area (Å²) in [6.45, 7) is 0. The Morgan fingerprint density at radius 3 is 2.27 bits per heavy atom. The van der Waals surface area contributed by atoms with E-state index in [0.717, 1.165) is 12.3 Å². The number of carboxylic acid groups (broad SMARTS) is 1. The number of sulfone groups is 1. The molecule has 0 aliphatic carbocycles. The fourth-order valence-corrected chi connectivity index (χ4v) is 3.03. The lowest BCUT2D eigenvalue weighted by atomic mass is 10.2. The Bertz CT molecular complexity index is 844. The molecule has 114 valence electrons. The maximum Gasteiger partial charge on any atom is 0.371 e. The monoisotopic (exact) mass is 322 g/mol. The SMILES string of the molecule is O=C(O)/C(O)=C/C(=O)c1ccoc1S(=O)(=O)c1ccccc1. The molecule has 0 amide bonds. The van der Waals surface area contributed by atoms with E-state index in [1.165, 1.54) is 24.3 Å². The number of carboxylic acids is 1. The predicted molar refractivity (Wildman–Crippen MR) is 73.3 cm³/mol. The van der Waals surface area contributed by atoms with Crippen molar-refractivity contribution in [1.29, 1.82) is 0 Å². The third-order valence-corrected chi connectivity index (χ3v) is 4.38. The van der Waals surface area contributed by atoms with Crippen LogP contribution in [0.3, 0.4) is 0 Å². The molecule has 0 saturated carbocycles. The third-order valence-electron chi connectivity index (χ3n) is 2.68. The van der Waals surface area contributed by atoms with Crippen LogP contribution >= 0.6 is 0 Å². The number of ketones is 1. The fraction of sp³-hybridized carbons (Fsp3) is 0. The quantitative estimate of drug-likeness (QED) is 0.489. The number of hydrogen-bond acceptors (Lipinski definition) is 6. The number of carbonyl (C=O) groups excluding carboxylic acids is 1. The van der Waals surface area contributed by atoms with E-state index in [4.69, 9.17) is 14.6 Å². The van der Waals surface area contributed by atoms with Gasteiger partial charge in [-0.2, -0.15) is 0 Å². The lowest BCUT2D eigenvalue weighted by molar-refractivity contribution is -0.135. The first-order valence-electron chi connectivity index (χ1n) is 5.90. The molecular formula is C14H10O7S. The van der Waals surface area contributed by atoms with Gasteiger partial charge in [-0.1, -0.05) is 18.2 Å². The molecule has 0 aliphatic rings. The van der Waals surface area contributed by atoms with Crippen LogP contribution in [0, 0.1) is 0 Å².